The molecule has 4 heteroatoms. The number of nitrogens with zero attached hydrogens (tertiary/aromatic N) is 1. The average Bonchev–Trinajstić information content (AvgIpc) is 2.14. The summed E-state index contributed by atoms with van der Waals surface area (Å²) in [5.74, 6) is -0.361. The van der Waals surface area contributed by atoms with Crippen molar-refractivity contribution in [1.82, 2.24) is 0 Å². The van der Waals surface area contributed by atoms with Crippen molar-refractivity contribution < 1.29 is 9.13 Å². The zero-order valence-corrected chi connectivity index (χ0v) is 8.84. The molecule has 0 spiro atoms. The van der Waals surface area contributed by atoms with E-state index in [1.807, 2.05) is 0 Å². The van der Waals surface area contributed by atoms with Crippen LogP contribution in [0.4, 0.5) is 10.1 Å². The van der Waals surface area contributed by atoms with E-state index < -0.39 is 5.82 Å². The lowest BCUT2D eigenvalue weighted by atomic mass is 10.3. The van der Waals surface area contributed by atoms with Gasteiger partial charge in [-0.25, -0.2) is 9.24 Å². The van der Waals surface area contributed by atoms with Gasteiger partial charge in [0.2, 0.25) is 0 Å². The summed E-state index contributed by atoms with van der Waals surface area (Å²) >= 11 is 3.12. The lowest BCUT2D eigenvalue weighted by Gasteiger charge is -2.06. The zero-order valence-electron chi connectivity index (χ0n) is 7.26. The van der Waals surface area contributed by atoms with Gasteiger partial charge in [0.15, 0.2) is 0 Å². The summed E-state index contributed by atoms with van der Waals surface area (Å²) in [7, 11) is 0. The Hall–Kier alpha value is -1.34. The molecule has 0 amide bonds. The minimum absolute atomic E-state index is 0.102. The van der Waals surface area contributed by atoms with Crippen LogP contribution < -0.4 is 4.74 Å². The Morgan fingerprint density at radius 3 is 2.93 bits per heavy atom. The van der Waals surface area contributed by atoms with Gasteiger partial charge in [-0.2, -0.15) is 0 Å². The van der Waals surface area contributed by atoms with E-state index in [4.69, 9.17) is 11.3 Å². The molecule has 2 nitrogen and oxygen atoms in total. The molecule has 0 unspecified atom stereocenters. The molecule has 0 heterocycles. The third-order valence-electron chi connectivity index (χ3n) is 1.46. The fourth-order valence-corrected chi connectivity index (χ4v) is 1.32. The van der Waals surface area contributed by atoms with Gasteiger partial charge in [-0.05, 0) is 12.1 Å². The van der Waals surface area contributed by atoms with Crippen molar-refractivity contribution in [3.63, 3.8) is 0 Å². The second kappa shape index (κ2) is 4.77. The van der Waals surface area contributed by atoms with Gasteiger partial charge in [0.1, 0.15) is 18.2 Å². The summed E-state index contributed by atoms with van der Waals surface area (Å²) in [5.41, 5.74) is -0.102. The first-order valence-corrected chi connectivity index (χ1v) is 4.58. The van der Waals surface area contributed by atoms with Crippen molar-refractivity contribution in [2.75, 3.05) is 6.61 Å². The molecule has 0 aliphatic carbocycles. The molecule has 0 saturated carbocycles. The molecule has 0 radical (unpaired) electrons. The molecule has 0 aliphatic heterocycles. The van der Waals surface area contributed by atoms with Crippen LogP contribution in [-0.2, 0) is 0 Å². The summed E-state index contributed by atoms with van der Waals surface area (Å²) in [4.78, 5) is 3.06. The minimum atomic E-state index is -0.589. The van der Waals surface area contributed by atoms with Gasteiger partial charge in [-0.3, -0.25) is 0 Å². The van der Waals surface area contributed by atoms with E-state index in [-0.39, 0.29) is 18.0 Å². The summed E-state index contributed by atoms with van der Waals surface area (Å²) in [5, 5.41) is 0. The highest BCUT2D eigenvalue weighted by Gasteiger charge is 2.11. The van der Waals surface area contributed by atoms with Gasteiger partial charge in [-0.1, -0.05) is 28.6 Å². The fraction of sp³-hybridized carbons (Fsp3) is 0.100. The molecule has 0 aromatic heterocycles. The van der Waals surface area contributed by atoms with Crippen molar-refractivity contribution in [3.8, 4) is 5.75 Å². The standard InChI is InChI=1S/C10H7BrFNO/c1-3-4-14-9-6-7(11)5-8(12)10(9)13-2/h3,5-6H,1,4H2. The Morgan fingerprint density at radius 1 is 1.64 bits per heavy atom. The van der Waals surface area contributed by atoms with Gasteiger partial charge in [0.25, 0.3) is 5.69 Å². The van der Waals surface area contributed by atoms with Crippen molar-refractivity contribution in [2.24, 2.45) is 0 Å². The van der Waals surface area contributed by atoms with Gasteiger partial charge >= 0.3 is 0 Å². The van der Waals surface area contributed by atoms with Crippen LogP contribution in [0, 0.1) is 12.4 Å². The minimum Gasteiger partial charge on any atom is -0.500 e. The average molecular weight is 256 g/mol. The molecule has 14 heavy (non-hydrogen) atoms. The molecular weight excluding hydrogens is 249 g/mol. The van der Waals surface area contributed by atoms with Crippen LogP contribution >= 0.6 is 15.9 Å². The monoisotopic (exact) mass is 255 g/mol. The van der Waals surface area contributed by atoms with Crippen molar-refractivity contribution in [3.05, 3.63) is 46.5 Å². The molecule has 0 N–H and O–H groups in total. The second-order valence-electron chi connectivity index (χ2n) is 2.45. The Bertz CT molecular complexity index is 398. The quantitative estimate of drug-likeness (QED) is 0.593. The summed E-state index contributed by atoms with van der Waals surface area (Å²) in [6.45, 7) is 10.5. The van der Waals surface area contributed by atoms with Crippen molar-refractivity contribution in [2.45, 2.75) is 0 Å². The maximum atomic E-state index is 13.2. The molecular formula is C10H7BrFNO. The highest BCUT2D eigenvalue weighted by molar-refractivity contribution is 9.10. The van der Waals surface area contributed by atoms with E-state index in [0.29, 0.717) is 4.47 Å². The van der Waals surface area contributed by atoms with Gasteiger partial charge in [0, 0.05) is 4.47 Å². The smallest absolute Gasteiger partial charge is 0.262 e. The van der Waals surface area contributed by atoms with Crippen molar-refractivity contribution in [1.29, 1.82) is 0 Å². The van der Waals surface area contributed by atoms with Crippen LogP contribution in [0.15, 0.2) is 29.3 Å². The fourth-order valence-electron chi connectivity index (χ4n) is 0.910. The Balaban J connectivity index is 3.12. The van der Waals surface area contributed by atoms with Gasteiger partial charge in [-0.15, -0.1) is 0 Å². The maximum absolute atomic E-state index is 13.2. The van der Waals surface area contributed by atoms with Crippen LogP contribution in [0.3, 0.4) is 0 Å². The molecule has 0 atom stereocenters. The number of halogens is 2. The van der Waals surface area contributed by atoms with E-state index in [1.54, 1.807) is 6.07 Å². The normalized spacial score (nSPS) is 9.21. The zero-order chi connectivity index (χ0) is 10.6. The summed E-state index contributed by atoms with van der Waals surface area (Å²) in [6.07, 6.45) is 1.53. The number of hydrogen-bond acceptors (Lipinski definition) is 1. The molecule has 0 saturated heterocycles. The topological polar surface area (TPSA) is 13.6 Å². The SMILES string of the molecule is [C-]#[N+]c1c(F)cc(Br)cc1OCC=C. The highest BCUT2D eigenvalue weighted by atomic mass is 79.9. The number of hydrogen-bond donors (Lipinski definition) is 0. The number of ether oxygens (including phenoxy) is 1. The van der Waals surface area contributed by atoms with E-state index in [9.17, 15) is 4.39 Å². The molecule has 1 aromatic carbocycles. The summed E-state index contributed by atoms with van der Waals surface area (Å²) < 4.78 is 18.9. The Kier molecular flexibility index (Phi) is 3.66. The van der Waals surface area contributed by atoms with Crippen LogP contribution in [0.1, 0.15) is 0 Å². The Morgan fingerprint density at radius 2 is 2.36 bits per heavy atom. The summed E-state index contributed by atoms with van der Waals surface area (Å²) in [6, 6.07) is 2.79. The van der Waals surface area contributed by atoms with E-state index in [0.717, 1.165) is 0 Å². The lowest BCUT2D eigenvalue weighted by molar-refractivity contribution is 0.363. The molecule has 1 rings (SSSR count). The first-order valence-electron chi connectivity index (χ1n) is 3.79. The molecule has 0 fully saturated rings. The first-order chi connectivity index (χ1) is 6.69. The van der Waals surface area contributed by atoms with E-state index in [2.05, 4.69) is 27.4 Å². The Labute approximate surface area is 90.0 Å². The first kappa shape index (κ1) is 10.7. The van der Waals surface area contributed by atoms with Crippen LogP contribution in [-0.4, -0.2) is 6.61 Å². The van der Waals surface area contributed by atoms with Crippen LogP contribution in [0.25, 0.3) is 4.85 Å². The predicted octanol–water partition coefficient (Wildman–Crippen LogP) is 3.70. The van der Waals surface area contributed by atoms with Crippen molar-refractivity contribution >= 4 is 21.6 Å². The maximum Gasteiger partial charge on any atom is 0.262 e. The molecule has 0 aliphatic rings. The molecule has 72 valence electrons. The van der Waals surface area contributed by atoms with E-state index in [1.165, 1.54) is 12.1 Å². The van der Waals surface area contributed by atoms with Gasteiger partial charge in [0.05, 0.1) is 6.57 Å². The van der Waals surface area contributed by atoms with Crippen LogP contribution in [0.2, 0.25) is 0 Å². The predicted molar refractivity (Wildman–Crippen MR) is 56.1 cm³/mol. The number of benzene rings is 1. The van der Waals surface area contributed by atoms with Gasteiger partial charge < -0.3 is 4.74 Å². The van der Waals surface area contributed by atoms with Crippen LogP contribution in [0.5, 0.6) is 5.75 Å². The third kappa shape index (κ3) is 2.33. The second-order valence-corrected chi connectivity index (χ2v) is 3.36. The number of rotatable bonds is 3. The highest BCUT2D eigenvalue weighted by Crippen LogP contribution is 2.33. The molecule has 1 aromatic rings. The molecule has 0 bridgehead atoms. The third-order valence-corrected chi connectivity index (χ3v) is 1.92. The largest absolute Gasteiger partial charge is 0.500 e. The van der Waals surface area contributed by atoms with E-state index >= 15 is 0 Å². The lowest BCUT2D eigenvalue weighted by Crippen LogP contribution is -1.94.